The molecule has 1 fully saturated rings. The number of hydrogen-bond acceptors (Lipinski definition) is 5. The van der Waals surface area contributed by atoms with E-state index in [9.17, 15) is 19.5 Å². The number of ether oxygens (including phenoxy) is 1. The highest BCUT2D eigenvalue weighted by Gasteiger charge is 2.37. The number of imide groups is 2. The number of barbiturate groups is 1. The SMILES string of the molecule is O=C1NC(=O)N(c2ccc(OCc3ccc(Cl)cc3)cc2)C(=O)/C1=C/c1cc(Br)ccc1O. The second kappa shape index (κ2) is 9.48. The fraction of sp³-hybridized carbons (Fsp3) is 0.0417. The van der Waals surface area contributed by atoms with E-state index in [-0.39, 0.29) is 22.6 Å². The van der Waals surface area contributed by atoms with Gasteiger partial charge >= 0.3 is 6.03 Å². The molecule has 0 aliphatic carbocycles. The number of urea groups is 1. The largest absolute Gasteiger partial charge is 0.507 e. The van der Waals surface area contributed by atoms with Crippen LogP contribution in [-0.4, -0.2) is 23.0 Å². The van der Waals surface area contributed by atoms with Crippen molar-refractivity contribution in [2.24, 2.45) is 0 Å². The molecule has 0 spiro atoms. The van der Waals surface area contributed by atoms with Gasteiger partial charge in [0.15, 0.2) is 0 Å². The topological polar surface area (TPSA) is 95.9 Å². The maximum absolute atomic E-state index is 13.0. The van der Waals surface area contributed by atoms with Crippen molar-refractivity contribution in [1.29, 1.82) is 0 Å². The van der Waals surface area contributed by atoms with Gasteiger partial charge in [0.2, 0.25) is 0 Å². The Morgan fingerprint density at radius 2 is 1.70 bits per heavy atom. The molecule has 3 aromatic carbocycles. The lowest BCUT2D eigenvalue weighted by Gasteiger charge is -2.26. The fourth-order valence-electron chi connectivity index (χ4n) is 3.13. The highest BCUT2D eigenvalue weighted by molar-refractivity contribution is 9.10. The second-order valence-electron chi connectivity index (χ2n) is 7.07. The van der Waals surface area contributed by atoms with Crippen molar-refractivity contribution < 1.29 is 24.2 Å². The van der Waals surface area contributed by atoms with Gasteiger partial charge in [-0.15, -0.1) is 0 Å². The predicted octanol–water partition coefficient (Wildman–Crippen LogP) is 5.05. The Bertz CT molecular complexity index is 1270. The van der Waals surface area contributed by atoms with Gasteiger partial charge in [0.25, 0.3) is 11.8 Å². The maximum atomic E-state index is 13.0. The molecule has 1 heterocycles. The van der Waals surface area contributed by atoms with Gasteiger partial charge in [-0.25, -0.2) is 9.69 Å². The molecule has 1 saturated heterocycles. The Morgan fingerprint density at radius 3 is 2.39 bits per heavy atom. The number of phenols is 1. The van der Waals surface area contributed by atoms with Crippen LogP contribution in [0.4, 0.5) is 10.5 Å². The summed E-state index contributed by atoms with van der Waals surface area (Å²) in [6.45, 7) is 0.317. The molecule has 4 rings (SSSR count). The number of carbonyl (C=O) groups excluding carboxylic acids is 3. The van der Waals surface area contributed by atoms with Crippen molar-refractivity contribution in [3.05, 3.63) is 92.9 Å². The number of carbonyl (C=O) groups is 3. The van der Waals surface area contributed by atoms with Crippen LogP contribution in [0, 0.1) is 0 Å². The van der Waals surface area contributed by atoms with Gasteiger partial charge in [0.05, 0.1) is 5.69 Å². The molecule has 9 heteroatoms. The zero-order chi connectivity index (χ0) is 23.5. The summed E-state index contributed by atoms with van der Waals surface area (Å²) in [5, 5.41) is 12.8. The maximum Gasteiger partial charge on any atom is 0.335 e. The first-order valence-corrected chi connectivity index (χ1v) is 10.9. The number of rotatable bonds is 5. The van der Waals surface area contributed by atoms with E-state index in [4.69, 9.17) is 16.3 Å². The lowest BCUT2D eigenvalue weighted by molar-refractivity contribution is -0.122. The summed E-state index contributed by atoms with van der Waals surface area (Å²) in [5.41, 5.74) is 1.15. The lowest BCUT2D eigenvalue weighted by Crippen LogP contribution is -2.54. The van der Waals surface area contributed by atoms with Crippen molar-refractivity contribution in [3.63, 3.8) is 0 Å². The number of amides is 4. The number of aromatic hydroxyl groups is 1. The highest BCUT2D eigenvalue weighted by Crippen LogP contribution is 2.28. The summed E-state index contributed by atoms with van der Waals surface area (Å²) in [5.74, 6) is -1.23. The lowest BCUT2D eigenvalue weighted by atomic mass is 10.1. The molecule has 4 amide bonds. The zero-order valence-corrected chi connectivity index (χ0v) is 19.3. The Kier molecular flexibility index (Phi) is 6.48. The Labute approximate surface area is 202 Å². The van der Waals surface area contributed by atoms with Crippen LogP contribution in [0.3, 0.4) is 0 Å². The monoisotopic (exact) mass is 526 g/mol. The summed E-state index contributed by atoms with van der Waals surface area (Å²) in [6, 6.07) is 17.3. The minimum Gasteiger partial charge on any atom is -0.507 e. The molecule has 0 aromatic heterocycles. The number of hydrogen-bond donors (Lipinski definition) is 2. The van der Waals surface area contributed by atoms with E-state index in [0.717, 1.165) is 10.5 Å². The Morgan fingerprint density at radius 1 is 1.00 bits per heavy atom. The van der Waals surface area contributed by atoms with Crippen LogP contribution in [0.15, 0.2) is 76.8 Å². The van der Waals surface area contributed by atoms with Crippen LogP contribution in [0.5, 0.6) is 11.5 Å². The molecule has 3 aromatic rings. The van der Waals surface area contributed by atoms with Crippen molar-refractivity contribution >= 4 is 57.1 Å². The molecule has 166 valence electrons. The summed E-state index contributed by atoms with van der Waals surface area (Å²) in [7, 11) is 0. The van der Waals surface area contributed by atoms with Gasteiger partial charge in [-0.05, 0) is 66.2 Å². The second-order valence-corrected chi connectivity index (χ2v) is 8.42. The number of nitrogens with one attached hydrogen (secondary N) is 1. The van der Waals surface area contributed by atoms with Crippen LogP contribution >= 0.6 is 27.5 Å². The minimum absolute atomic E-state index is 0.114. The van der Waals surface area contributed by atoms with Crippen LogP contribution in [0.1, 0.15) is 11.1 Å². The van der Waals surface area contributed by atoms with E-state index in [1.54, 1.807) is 48.5 Å². The molecule has 0 unspecified atom stereocenters. The van der Waals surface area contributed by atoms with Crippen molar-refractivity contribution in [3.8, 4) is 11.5 Å². The van der Waals surface area contributed by atoms with E-state index in [0.29, 0.717) is 21.9 Å². The average Bonchev–Trinajstić information content (AvgIpc) is 2.79. The molecule has 33 heavy (non-hydrogen) atoms. The third-order valence-corrected chi connectivity index (χ3v) is 5.55. The highest BCUT2D eigenvalue weighted by atomic mass is 79.9. The van der Waals surface area contributed by atoms with E-state index in [1.807, 2.05) is 12.1 Å². The molecule has 0 atom stereocenters. The summed E-state index contributed by atoms with van der Waals surface area (Å²) >= 11 is 9.16. The number of anilines is 1. The number of nitrogens with zero attached hydrogens (tertiary/aromatic N) is 1. The van der Waals surface area contributed by atoms with Gasteiger partial charge in [0.1, 0.15) is 23.7 Å². The van der Waals surface area contributed by atoms with Gasteiger partial charge in [0, 0.05) is 15.1 Å². The average molecular weight is 528 g/mol. The van der Waals surface area contributed by atoms with Gasteiger partial charge < -0.3 is 9.84 Å². The van der Waals surface area contributed by atoms with Crippen LogP contribution in [-0.2, 0) is 16.2 Å². The normalized spacial score (nSPS) is 15.0. The first-order chi connectivity index (χ1) is 15.8. The Hall–Kier alpha value is -3.62. The molecule has 0 bridgehead atoms. The summed E-state index contributed by atoms with van der Waals surface area (Å²) in [4.78, 5) is 38.6. The van der Waals surface area contributed by atoms with Gasteiger partial charge in [-0.1, -0.05) is 39.7 Å². The smallest absolute Gasteiger partial charge is 0.335 e. The van der Waals surface area contributed by atoms with E-state index in [2.05, 4.69) is 21.2 Å². The molecular formula is C24H16BrClN2O5. The van der Waals surface area contributed by atoms with Crippen LogP contribution < -0.4 is 15.0 Å². The number of benzene rings is 3. The third-order valence-electron chi connectivity index (χ3n) is 4.80. The molecule has 0 saturated carbocycles. The quantitative estimate of drug-likeness (QED) is 0.357. The van der Waals surface area contributed by atoms with E-state index in [1.165, 1.54) is 12.1 Å². The minimum atomic E-state index is -0.865. The first kappa shape index (κ1) is 22.6. The van der Waals surface area contributed by atoms with E-state index >= 15 is 0 Å². The first-order valence-electron chi connectivity index (χ1n) is 9.69. The van der Waals surface area contributed by atoms with Crippen molar-refractivity contribution in [1.82, 2.24) is 5.32 Å². The summed E-state index contributed by atoms with van der Waals surface area (Å²) < 4.78 is 6.38. The molecule has 7 nitrogen and oxygen atoms in total. The predicted molar refractivity (Wildman–Crippen MR) is 127 cm³/mol. The molecule has 2 N–H and O–H groups in total. The van der Waals surface area contributed by atoms with E-state index < -0.39 is 17.8 Å². The molecule has 0 radical (unpaired) electrons. The van der Waals surface area contributed by atoms with Crippen LogP contribution in [0.2, 0.25) is 5.02 Å². The number of halogens is 2. The fourth-order valence-corrected chi connectivity index (χ4v) is 3.63. The summed E-state index contributed by atoms with van der Waals surface area (Å²) in [6.07, 6.45) is 1.24. The molecule has 1 aliphatic rings. The van der Waals surface area contributed by atoms with Crippen molar-refractivity contribution in [2.75, 3.05) is 4.90 Å². The standard InChI is InChI=1S/C24H16BrClN2O5/c25-16-3-10-21(29)15(11-16)12-20-22(30)27-24(32)28(23(20)31)18-6-8-19(9-7-18)33-13-14-1-4-17(26)5-2-14/h1-12,29H,13H2,(H,27,30,32)/b20-12+. The Balaban J connectivity index is 1.54. The van der Waals surface area contributed by atoms with Crippen LogP contribution in [0.25, 0.3) is 6.08 Å². The van der Waals surface area contributed by atoms with Gasteiger partial charge in [-0.2, -0.15) is 0 Å². The molecular weight excluding hydrogens is 512 g/mol. The number of phenolic OH excluding ortho intramolecular Hbond substituents is 1. The zero-order valence-electron chi connectivity index (χ0n) is 16.9. The molecule has 1 aliphatic heterocycles. The third kappa shape index (κ3) is 5.08. The van der Waals surface area contributed by atoms with Crippen molar-refractivity contribution in [2.45, 2.75) is 6.61 Å². The van der Waals surface area contributed by atoms with Gasteiger partial charge in [-0.3, -0.25) is 14.9 Å².